The summed E-state index contributed by atoms with van der Waals surface area (Å²) < 4.78 is 32.1. The molecule has 0 bridgehead atoms. The van der Waals surface area contributed by atoms with Crippen LogP contribution in [0.4, 0.5) is 5.69 Å². The molecule has 1 N–H and O–H groups in total. The second-order valence-electron chi connectivity index (χ2n) is 8.01. The molecule has 0 spiro atoms. The van der Waals surface area contributed by atoms with Gasteiger partial charge in [0.25, 0.3) is 5.91 Å². The van der Waals surface area contributed by atoms with Crippen LogP contribution in [0.5, 0.6) is 5.75 Å². The SMILES string of the molecule is CCOc1ccc(NC(=O)c2sc3nc(C4CC4)nc(C)c3c2C)cc1S(=O)(=O)N(C)C. The van der Waals surface area contributed by atoms with Gasteiger partial charge < -0.3 is 10.1 Å². The minimum atomic E-state index is -3.75. The molecule has 1 amide bonds. The van der Waals surface area contributed by atoms with Gasteiger partial charge in [0.2, 0.25) is 10.0 Å². The first kappa shape index (κ1) is 22.6. The standard InChI is InChI=1S/C22H26N4O4S2/c1-6-30-16-10-9-15(11-17(16)32(28,29)26(4)5)24-21(27)19-12(2)18-13(3)23-20(14-7-8-14)25-22(18)31-19/h9-11,14H,6-8H2,1-5H3,(H,24,27). The minimum absolute atomic E-state index is 0.00555. The smallest absolute Gasteiger partial charge is 0.266 e. The van der Waals surface area contributed by atoms with E-state index in [1.165, 1.54) is 31.5 Å². The summed E-state index contributed by atoms with van der Waals surface area (Å²) in [6, 6.07) is 4.62. The van der Waals surface area contributed by atoms with Gasteiger partial charge in [0.15, 0.2) is 0 Å². The molecule has 1 aliphatic rings. The molecular weight excluding hydrogens is 448 g/mol. The molecule has 1 aromatic carbocycles. The number of carbonyl (C=O) groups excluding carboxylic acids is 1. The maximum Gasteiger partial charge on any atom is 0.266 e. The van der Waals surface area contributed by atoms with Crippen LogP contribution in [0.1, 0.15) is 52.4 Å². The molecule has 0 atom stereocenters. The maximum absolute atomic E-state index is 13.1. The van der Waals surface area contributed by atoms with E-state index in [1.54, 1.807) is 19.1 Å². The van der Waals surface area contributed by atoms with E-state index in [9.17, 15) is 13.2 Å². The van der Waals surface area contributed by atoms with Crippen LogP contribution in [0.3, 0.4) is 0 Å². The second kappa shape index (κ2) is 8.42. The van der Waals surface area contributed by atoms with Gasteiger partial charge in [-0.3, -0.25) is 4.79 Å². The number of rotatable bonds is 7. The molecule has 0 aliphatic heterocycles. The molecule has 1 fully saturated rings. The molecule has 170 valence electrons. The molecule has 2 heterocycles. The molecule has 0 radical (unpaired) electrons. The Morgan fingerprint density at radius 1 is 1.25 bits per heavy atom. The molecule has 1 aliphatic carbocycles. The number of nitrogens with zero attached hydrogens (tertiary/aromatic N) is 3. The lowest BCUT2D eigenvalue weighted by molar-refractivity contribution is 0.103. The van der Waals surface area contributed by atoms with E-state index in [-0.39, 0.29) is 16.6 Å². The number of amides is 1. The maximum atomic E-state index is 13.1. The summed E-state index contributed by atoms with van der Waals surface area (Å²) in [6.07, 6.45) is 2.22. The summed E-state index contributed by atoms with van der Waals surface area (Å²) in [6.45, 7) is 5.94. The van der Waals surface area contributed by atoms with Crippen molar-refractivity contribution in [2.75, 3.05) is 26.0 Å². The zero-order valence-electron chi connectivity index (χ0n) is 18.7. The second-order valence-corrected chi connectivity index (χ2v) is 11.1. The number of benzene rings is 1. The Balaban J connectivity index is 1.69. The Labute approximate surface area is 191 Å². The van der Waals surface area contributed by atoms with Crippen LogP contribution >= 0.6 is 11.3 Å². The normalized spacial score (nSPS) is 14.2. The van der Waals surface area contributed by atoms with Gasteiger partial charge in [0.05, 0.1) is 17.2 Å². The van der Waals surface area contributed by atoms with Crippen LogP contribution in [0.15, 0.2) is 23.1 Å². The van der Waals surface area contributed by atoms with Gasteiger partial charge >= 0.3 is 0 Å². The van der Waals surface area contributed by atoms with Crippen LogP contribution in [-0.2, 0) is 10.0 Å². The number of carbonyl (C=O) groups is 1. The molecule has 32 heavy (non-hydrogen) atoms. The van der Waals surface area contributed by atoms with Crippen LogP contribution < -0.4 is 10.1 Å². The van der Waals surface area contributed by atoms with E-state index in [0.717, 1.165) is 44.4 Å². The van der Waals surface area contributed by atoms with Gasteiger partial charge in [-0.05, 0) is 57.4 Å². The molecule has 10 heteroatoms. The lowest BCUT2D eigenvalue weighted by Crippen LogP contribution is -2.23. The lowest BCUT2D eigenvalue weighted by Gasteiger charge is -2.16. The van der Waals surface area contributed by atoms with Crippen LogP contribution in [0, 0.1) is 13.8 Å². The Hall–Kier alpha value is -2.56. The number of hydrogen-bond acceptors (Lipinski definition) is 7. The van der Waals surface area contributed by atoms with Gasteiger partial charge in [-0.1, -0.05) is 0 Å². The Morgan fingerprint density at radius 2 is 1.97 bits per heavy atom. The van der Waals surface area contributed by atoms with Gasteiger partial charge in [-0.15, -0.1) is 11.3 Å². The van der Waals surface area contributed by atoms with E-state index >= 15 is 0 Å². The molecule has 0 unspecified atom stereocenters. The summed E-state index contributed by atoms with van der Waals surface area (Å²) >= 11 is 1.34. The van der Waals surface area contributed by atoms with Gasteiger partial charge in [-0.25, -0.2) is 22.7 Å². The third-order valence-electron chi connectivity index (χ3n) is 5.40. The van der Waals surface area contributed by atoms with Crippen LogP contribution in [0.25, 0.3) is 10.2 Å². The topological polar surface area (TPSA) is 101 Å². The van der Waals surface area contributed by atoms with Gasteiger partial charge in [0, 0.05) is 31.1 Å². The molecule has 8 nitrogen and oxygen atoms in total. The number of fused-ring (bicyclic) bond motifs is 1. The quantitative estimate of drug-likeness (QED) is 0.554. The Bertz CT molecular complexity index is 1310. The van der Waals surface area contributed by atoms with E-state index in [0.29, 0.717) is 23.1 Å². The number of aromatic nitrogens is 2. The van der Waals surface area contributed by atoms with Crippen molar-refractivity contribution < 1.29 is 17.9 Å². The predicted octanol–water partition coefficient (Wildman–Crippen LogP) is 4.09. The summed E-state index contributed by atoms with van der Waals surface area (Å²) in [5, 5.41) is 3.74. The average molecular weight is 475 g/mol. The first-order valence-corrected chi connectivity index (χ1v) is 12.7. The highest BCUT2D eigenvalue weighted by molar-refractivity contribution is 7.89. The largest absolute Gasteiger partial charge is 0.492 e. The van der Waals surface area contributed by atoms with Crippen molar-refractivity contribution in [1.82, 2.24) is 14.3 Å². The van der Waals surface area contributed by atoms with Crippen molar-refractivity contribution in [2.45, 2.75) is 44.4 Å². The van der Waals surface area contributed by atoms with Crippen molar-refractivity contribution in [3.05, 3.63) is 40.2 Å². The van der Waals surface area contributed by atoms with Gasteiger partial charge in [0.1, 0.15) is 21.3 Å². The summed E-state index contributed by atoms with van der Waals surface area (Å²) in [5.41, 5.74) is 2.08. The zero-order valence-corrected chi connectivity index (χ0v) is 20.4. The third-order valence-corrected chi connectivity index (χ3v) is 8.42. The molecule has 4 rings (SSSR count). The van der Waals surface area contributed by atoms with Gasteiger partial charge in [-0.2, -0.15) is 0 Å². The van der Waals surface area contributed by atoms with Crippen molar-refractivity contribution >= 4 is 43.2 Å². The van der Waals surface area contributed by atoms with E-state index in [1.807, 2.05) is 13.8 Å². The summed E-state index contributed by atoms with van der Waals surface area (Å²) in [7, 11) is -0.844. The molecule has 2 aromatic heterocycles. The fourth-order valence-corrected chi connectivity index (χ4v) is 5.73. The van der Waals surface area contributed by atoms with Crippen molar-refractivity contribution in [2.24, 2.45) is 0 Å². The zero-order chi connectivity index (χ0) is 23.2. The highest BCUT2D eigenvalue weighted by Gasteiger charge is 2.29. The number of ether oxygens (including phenoxy) is 1. The summed E-state index contributed by atoms with van der Waals surface area (Å²) in [4.78, 5) is 23.8. The van der Waals surface area contributed by atoms with E-state index in [4.69, 9.17) is 9.72 Å². The Morgan fingerprint density at radius 3 is 2.59 bits per heavy atom. The fraction of sp³-hybridized carbons (Fsp3) is 0.409. The monoisotopic (exact) mass is 474 g/mol. The number of nitrogens with one attached hydrogen (secondary N) is 1. The average Bonchev–Trinajstić information content (AvgIpc) is 3.52. The molecule has 3 aromatic rings. The first-order chi connectivity index (χ1) is 15.1. The number of anilines is 1. The number of thiophene rings is 1. The number of sulfonamides is 1. The summed E-state index contributed by atoms with van der Waals surface area (Å²) in [5.74, 6) is 1.22. The number of aryl methyl sites for hydroxylation is 2. The highest BCUT2D eigenvalue weighted by atomic mass is 32.2. The highest BCUT2D eigenvalue weighted by Crippen LogP contribution is 2.40. The minimum Gasteiger partial charge on any atom is -0.492 e. The first-order valence-electron chi connectivity index (χ1n) is 10.4. The lowest BCUT2D eigenvalue weighted by atomic mass is 10.1. The van der Waals surface area contributed by atoms with Crippen LogP contribution in [0.2, 0.25) is 0 Å². The molecular formula is C22H26N4O4S2. The predicted molar refractivity (Wildman–Crippen MR) is 125 cm³/mol. The van der Waals surface area contributed by atoms with Crippen LogP contribution in [-0.4, -0.2) is 49.3 Å². The molecule has 0 saturated heterocycles. The molecule has 1 saturated carbocycles. The van der Waals surface area contributed by atoms with Crippen molar-refractivity contribution in [3.63, 3.8) is 0 Å². The van der Waals surface area contributed by atoms with Crippen molar-refractivity contribution in [1.29, 1.82) is 0 Å². The fourth-order valence-electron chi connectivity index (χ4n) is 3.55. The Kier molecular flexibility index (Phi) is 5.95. The van der Waals surface area contributed by atoms with E-state index < -0.39 is 10.0 Å². The number of hydrogen-bond donors (Lipinski definition) is 1. The van der Waals surface area contributed by atoms with Crippen molar-refractivity contribution in [3.8, 4) is 5.75 Å². The van der Waals surface area contributed by atoms with E-state index in [2.05, 4.69) is 10.3 Å². The third kappa shape index (κ3) is 4.10.